The Hall–Kier alpha value is -3.19. The molecule has 0 unspecified atom stereocenters. The van der Waals surface area contributed by atoms with Gasteiger partial charge in [-0.2, -0.15) is 0 Å². The minimum atomic E-state index is -0.694. The van der Waals surface area contributed by atoms with Crippen molar-refractivity contribution in [2.24, 2.45) is 5.73 Å². The Bertz CT molecular complexity index is 996. The minimum Gasteiger partial charge on any atom is -0.366 e. The lowest BCUT2D eigenvalue weighted by Crippen LogP contribution is -2.19. The summed E-state index contributed by atoms with van der Waals surface area (Å²) in [4.78, 5) is 24.3. The van der Waals surface area contributed by atoms with E-state index in [2.05, 4.69) is 10.5 Å². The molecule has 0 bridgehead atoms. The van der Waals surface area contributed by atoms with Crippen molar-refractivity contribution in [2.45, 2.75) is 6.92 Å². The molecule has 0 aliphatic heterocycles. The van der Waals surface area contributed by atoms with Gasteiger partial charge in [0, 0.05) is 0 Å². The van der Waals surface area contributed by atoms with Crippen molar-refractivity contribution in [2.75, 3.05) is 5.32 Å². The second-order valence-electron chi connectivity index (χ2n) is 5.42. The zero-order valence-electron chi connectivity index (χ0n) is 13.5. The van der Waals surface area contributed by atoms with Crippen molar-refractivity contribution in [1.82, 2.24) is 5.16 Å². The van der Waals surface area contributed by atoms with E-state index in [9.17, 15) is 14.0 Å². The van der Waals surface area contributed by atoms with Crippen LogP contribution >= 0.6 is 11.6 Å². The first-order chi connectivity index (χ1) is 12.4. The summed E-state index contributed by atoms with van der Waals surface area (Å²) in [6, 6.07) is 10.4. The molecule has 0 saturated heterocycles. The van der Waals surface area contributed by atoms with Gasteiger partial charge < -0.3 is 15.6 Å². The van der Waals surface area contributed by atoms with Gasteiger partial charge in [0.05, 0.1) is 21.8 Å². The number of carbonyl (C=O) groups excluding carboxylic acids is 2. The number of nitrogens with two attached hydrogens (primary N) is 1. The number of amides is 2. The lowest BCUT2D eigenvalue weighted by atomic mass is 10.0. The SMILES string of the molecule is Cc1onc(-c2c(F)cccc2Cl)c1C(=O)Nc1ccccc1C(N)=O. The van der Waals surface area contributed by atoms with Crippen LogP contribution in [0.1, 0.15) is 26.5 Å². The molecule has 0 fully saturated rings. The van der Waals surface area contributed by atoms with Gasteiger partial charge in [-0.15, -0.1) is 0 Å². The van der Waals surface area contributed by atoms with E-state index in [1.54, 1.807) is 12.1 Å². The molecule has 0 spiro atoms. The van der Waals surface area contributed by atoms with Crippen molar-refractivity contribution >= 4 is 29.1 Å². The van der Waals surface area contributed by atoms with Gasteiger partial charge in [-0.3, -0.25) is 9.59 Å². The number of carbonyl (C=O) groups is 2. The number of aryl methyl sites for hydroxylation is 1. The largest absolute Gasteiger partial charge is 0.366 e. The molecule has 2 amide bonds. The fourth-order valence-electron chi connectivity index (χ4n) is 2.53. The van der Waals surface area contributed by atoms with E-state index >= 15 is 0 Å². The van der Waals surface area contributed by atoms with Gasteiger partial charge in [0.2, 0.25) is 0 Å². The Morgan fingerprint density at radius 3 is 2.62 bits per heavy atom. The lowest BCUT2D eigenvalue weighted by molar-refractivity contribution is 0.100. The molecule has 0 saturated carbocycles. The van der Waals surface area contributed by atoms with Gasteiger partial charge >= 0.3 is 0 Å². The van der Waals surface area contributed by atoms with Gasteiger partial charge in [-0.05, 0) is 31.2 Å². The third-order valence-electron chi connectivity index (χ3n) is 3.73. The standard InChI is InChI=1S/C18H13ClFN3O3/c1-9-14(16(23-26-9)15-11(19)6-4-7-12(15)20)18(25)22-13-8-3-2-5-10(13)17(21)24/h2-8H,1H3,(H2,21,24)(H,22,25). The van der Waals surface area contributed by atoms with Crippen molar-refractivity contribution in [3.8, 4) is 11.3 Å². The molecule has 3 N–H and O–H groups in total. The molecular weight excluding hydrogens is 361 g/mol. The van der Waals surface area contributed by atoms with Gasteiger partial charge in [0.25, 0.3) is 11.8 Å². The topological polar surface area (TPSA) is 98.2 Å². The van der Waals surface area contributed by atoms with Crippen LogP contribution in [0, 0.1) is 12.7 Å². The summed E-state index contributed by atoms with van der Waals surface area (Å²) < 4.78 is 19.3. The molecule has 3 rings (SSSR count). The number of hydrogen-bond donors (Lipinski definition) is 2. The number of halogens is 2. The number of nitrogens with one attached hydrogen (secondary N) is 1. The highest BCUT2D eigenvalue weighted by atomic mass is 35.5. The number of rotatable bonds is 4. The summed E-state index contributed by atoms with van der Waals surface area (Å²) in [6.07, 6.45) is 0. The predicted molar refractivity (Wildman–Crippen MR) is 94.6 cm³/mol. The molecule has 8 heteroatoms. The van der Waals surface area contributed by atoms with Crippen molar-refractivity contribution in [3.05, 3.63) is 70.2 Å². The average Bonchev–Trinajstić information content (AvgIpc) is 2.96. The smallest absolute Gasteiger partial charge is 0.261 e. The Morgan fingerprint density at radius 2 is 1.92 bits per heavy atom. The summed E-state index contributed by atoms with van der Waals surface area (Å²) in [5, 5.41) is 6.44. The van der Waals surface area contributed by atoms with E-state index in [-0.39, 0.29) is 38.9 Å². The summed E-state index contributed by atoms with van der Waals surface area (Å²) in [5.74, 6) is -1.79. The van der Waals surface area contributed by atoms with E-state index in [1.807, 2.05) is 0 Å². The van der Waals surface area contributed by atoms with E-state index in [0.29, 0.717) is 0 Å². The monoisotopic (exact) mass is 373 g/mol. The average molecular weight is 374 g/mol. The van der Waals surface area contributed by atoms with Gasteiger partial charge in [0.1, 0.15) is 22.8 Å². The second-order valence-corrected chi connectivity index (χ2v) is 5.83. The molecule has 1 heterocycles. The maximum Gasteiger partial charge on any atom is 0.261 e. The highest BCUT2D eigenvalue weighted by molar-refractivity contribution is 6.33. The molecule has 1 aromatic heterocycles. The number of benzene rings is 2. The fraction of sp³-hybridized carbons (Fsp3) is 0.0556. The Kier molecular flexibility index (Phi) is 4.73. The molecule has 0 radical (unpaired) electrons. The van der Waals surface area contributed by atoms with E-state index < -0.39 is 17.6 Å². The highest BCUT2D eigenvalue weighted by Gasteiger charge is 2.26. The Labute approximate surface area is 152 Å². The van der Waals surface area contributed by atoms with Crippen LogP contribution in [0.3, 0.4) is 0 Å². The fourth-order valence-corrected chi connectivity index (χ4v) is 2.78. The first kappa shape index (κ1) is 17.6. The van der Waals surface area contributed by atoms with Crippen LogP contribution in [-0.4, -0.2) is 17.0 Å². The van der Waals surface area contributed by atoms with E-state index in [0.717, 1.165) is 0 Å². The summed E-state index contributed by atoms with van der Waals surface area (Å²) in [6.45, 7) is 1.51. The third-order valence-corrected chi connectivity index (χ3v) is 4.05. The minimum absolute atomic E-state index is 0.0104. The van der Waals surface area contributed by atoms with Gasteiger partial charge in [-0.25, -0.2) is 4.39 Å². The number of anilines is 1. The van der Waals surface area contributed by atoms with E-state index in [4.69, 9.17) is 21.9 Å². The van der Waals surface area contributed by atoms with Crippen LogP contribution in [0.5, 0.6) is 0 Å². The lowest BCUT2D eigenvalue weighted by Gasteiger charge is -2.09. The molecule has 26 heavy (non-hydrogen) atoms. The maximum atomic E-state index is 14.2. The molecular formula is C18H13ClFN3O3. The number of primary amides is 1. The molecule has 0 aliphatic rings. The highest BCUT2D eigenvalue weighted by Crippen LogP contribution is 2.33. The van der Waals surface area contributed by atoms with Crippen LogP contribution in [-0.2, 0) is 0 Å². The first-order valence-corrected chi connectivity index (χ1v) is 7.88. The van der Waals surface area contributed by atoms with Crippen molar-refractivity contribution in [1.29, 1.82) is 0 Å². The predicted octanol–water partition coefficient (Wildman–Crippen LogP) is 3.79. The molecule has 0 atom stereocenters. The zero-order chi connectivity index (χ0) is 18.8. The summed E-state index contributed by atoms with van der Waals surface area (Å²) in [5.41, 5.74) is 5.61. The Morgan fingerprint density at radius 1 is 1.19 bits per heavy atom. The number of nitrogens with zero attached hydrogens (tertiary/aromatic N) is 1. The number of para-hydroxylation sites is 1. The Balaban J connectivity index is 2.05. The molecule has 6 nitrogen and oxygen atoms in total. The summed E-state index contributed by atoms with van der Waals surface area (Å²) in [7, 11) is 0. The second kappa shape index (κ2) is 6.97. The van der Waals surface area contributed by atoms with Gasteiger partial charge in [-0.1, -0.05) is 35.0 Å². The third kappa shape index (κ3) is 3.16. The van der Waals surface area contributed by atoms with E-state index in [1.165, 1.54) is 37.3 Å². The quantitative estimate of drug-likeness (QED) is 0.726. The number of hydrogen-bond acceptors (Lipinski definition) is 4. The zero-order valence-corrected chi connectivity index (χ0v) is 14.3. The van der Waals surface area contributed by atoms with Crippen LogP contribution < -0.4 is 11.1 Å². The van der Waals surface area contributed by atoms with Crippen LogP contribution in [0.25, 0.3) is 11.3 Å². The number of aromatic nitrogens is 1. The molecule has 132 valence electrons. The van der Waals surface area contributed by atoms with Crippen LogP contribution in [0.4, 0.5) is 10.1 Å². The molecule has 0 aliphatic carbocycles. The normalized spacial score (nSPS) is 10.6. The van der Waals surface area contributed by atoms with Crippen molar-refractivity contribution in [3.63, 3.8) is 0 Å². The molecule has 2 aromatic carbocycles. The molecule has 3 aromatic rings. The summed E-state index contributed by atoms with van der Waals surface area (Å²) >= 11 is 6.06. The van der Waals surface area contributed by atoms with Gasteiger partial charge in [0.15, 0.2) is 0 Å². The van der Waals surface area contributed by atoms with Crippen molar-refractivity contribution < 1.29 is 18.5 Å². The van der Waals surface area contributed by atoms with Crippen LogP contribution in [0.2, 0.25) is 5.02 Å². The maximum absolute atomic E-state index is 14.2. The first-order valence-electron chi connectivity index (χ1n) is 7.51. The van der Waals surface area contributed by atoms with Crippen LogP contribution in [0.15, 0.2) is 47.0 Å².